The fourth-order valence-corrected chi connectivity index (χ4v) is 8.93. The molecule has 1 aliphatic rings. The summed E-state index contributed by atoms with van der Waals surface area (Å²) in [5.74, 6) is 0.688. The van der Waals surface area contributed by atoms with E-state index in [0.29, 0.717) is 5.82 Å². The molecule has 268 valence electrons. The molecule has 8 aromatic carbocycles. The molecule has 2 aromatic heterocycles. The normalized spacial score (nSPS) is 14.5. The summed E-state index contributed by atoms with van der Waals surface area (Å²) in [5.41, 5.74) is 17.0. The molecule has 11 rings (SSSR count). The zero-order valence-electron chi connectivity index (χ0n) is 31.4. The van der Waals surface area contributed by atoms with Crippen LogP contribution in [0.5, 0.6) is 0 Å². The Kier molecular flexibility index (Phi) is 7.61. The molecule has 3 nitrogen and oxygen atoms in total. The van der Waals surface area contributed by atoms with Gasteiger partial charge in [0.15, 0.2) is 5.82 Å². The molecule has 3 heteroatoms. The van der Waals surface area contributed by atoms with Crippen molar-refractivity contribution in [3.8, 4) is 67.3 Å². The van der Waals surface area contributed by atoms with Crippen molar-refractivity contribution in [2.45, 2.75) is 12.3 Å². The Labute approximate surface area is 331 Å². The average molecular weight is 729 g/mol. The molecule has 0 saturated carbocycles. The molecule has 0 fully saturated rings. The van der Waals surface area contributed by atoms with Crippen LogP contribution in [-0.4, -0.2) is 9.97 Å². The summed E-state index contributed by atoms with van der Waals surface area (Å²) in [4.78, 5) is 10.7. The predicted octanol–water partition coefficient (Wildman–Crippen LogP) is 14.0. The molecule has 1 atom stereocenters. The van der Waals surface area contributed by atoms with Gasteiger partial charge in [0.05, 0.1) is 11.4 Å². The second kappa shape index (κ2) is 13.1. The fourth-order valence-electron chi connectivity index (χ4n) is 8.93. The van der Waals surface area contributed by atoms with Gasteiger partial charge in [-0.3, -0.25) is 0 Å². The number of hydrogen-bond donors (Lipinski definition) is 0. The van der Waals surface area contributed by atoms with Gasteiger partial charge in [0.2, 0.25) is 0 Å². The summed E-state index contributed by atoms with van der Waals surface area (Å²) in [5, 5.41) is 2.24. The molecule has 2 heterocycles. The summed E-state index contributed by atoms with van der Waals surface area (Å²) in [6.45, 7) is 2.36. The number of para-hydroxylation sites is 1. The predicted molar refractivity (Wildman–Crippen MR) is 234 cm³/mol. The Morgan fingerprint density at radius 2 is 0.982 bits per heavy atom. The third kappa shape index (κ3) is 5.43. The first kappa shape index (κ1) is 33.0. The number of nitrogens with zero attached hydrogens (tertiary/aromatic N) is 2. The largest absolute Gasteiger partial charge is 0.456 e. The molecule has 0 spiro atoms. The van der Waals surface area contributed by atoms with Gasteiger partial charge in [-0.2, -0.15) is 0 Å². The number of benzene rings is 8. The van der Waals surface area contributed by atoms with E-state index in [1.807, 2.05) is 18.2 Å². The van der Waals surface area contributed by atoms with E-state index in [4.69, 9.17) is 14.4 Å². The highest BCUT2D eigenvalue weighted by Gasteiger charge is 2.41. The highest BCUT2D eigenvalue weighted by Crippen LogP contribution is 2.55. The van der Waals surface area contributed by atoms with Crippen LogP contribution in [0.1, 0.15) is 23.6 Å². The van der Waals surface area contributed by atoms with Gasteiger partial charge in [0.25, 0.3) is 0 Å². The smallest absolute Gasteiger partial charge is 0.160 e. The van der Waals surface area contributed by atoms with Gasteiger partial charge in [-0.25, -0.2) is 9.97 Å². The molecule has 57 heavy (non-hydrogen) atoms. The summed E-state index contributed by atoms with van der Waals surface area (Å²) in [6.07, 6.45) is 0. The van der Waals surface area contributed by atoms with Crippen LogP contribution in [0.25, 0.3) is 89.2 Å². The van der Waals surface area contributed by atoms with Gasteiger partial charge in [0, 0.05) is 32.9 Å². The van der Waals surface area contributed by atoms with Gasteiger partial charge in [-0.15, -0.1) is 0 Å². The van der Waals surface area contributed by atoms with Gasteiger partial charge in [-0.05, 0) is 99.5 Å². The Morgan fingerprint density at radius 3 is 1.79 bits per heavy atom. The maximum absolute atomic E-state index is 6.36. The van der Waals surface area contributed by atoms with Crippen LogP contribution in [0.15, 0.2) is 205 Å². The average Bonchev–Trinajstić information content (AvgIpc) is 3.80. The summed E-state index contributed by atoms with van der Waals surface area (Å²) in [6, 6.07) is 71.1. The number of rotatable bonds is 6. The highest BCUT2D eigenvalue weighted by atomic mass is 16.3. The first-order valence-corrected chi connectivity index (χ1v) is 19.5. The van der Waals surface area contributed by atoms with E-state index >= 15 is 0 Å². The van der Waals surface area contributed by atoms with E-state index in [1.165, 1.54) is 27.8 Å². The van der Waals surface area contributed by atoms with Crippen LogP contribution >= 0.6 is 0 Å². The zero-order chi connectivity index (χ0) is 37.9. The highest BCUT2D eigenvalue weighted by molar-refractivity contribution is 6.06. The monoisotopic (exact) mass is 728 g/mol. The summed E-state index contributed by atoms with van der Waals surface area (Å²) < 4.78 is 6.36. The van der Waals surface area contributed by atoms with E-state index in [9.17, 15) is 0 Å². The molecular weight excluding hydrogens is 693 g/mol. The number of fused-ring (bicyclic) bond motifs is 6. The topological polar surface area (TPSA) is 38.9 Å². The summed E-state index contributed by atoms with van der Waals surface area (Å²) in [7, 11) is 0. The van der Waals surface area contributed by atoms with Crippen LogP contribution in [0.4, 0.5) is 0 Å². The SMILES string of the molecule is CC1(c2ccccc2)c2ccccc2-c2c(-c3cc(-c4cc(-c5ccccc5)cc(-c5ccc6c(c5)oc5ccccc56)c4)nc(-c4ccccc4)n3)cccc21. The molecule has 0 amide bonds. The summed E-state index contributed by atoms with van der Waals surface area (Å²) >= 11 is 0. The molecule has 0 radical (unpaired) electrons. The minimum Gasteiger partial charge on any atom is -0.456 e. The van der Waals surface area contributed by atoms with E-state index in [1.54, 1.807) is 0 Å². The van der Waals surface area contributed by atoms with Crippen LogP contribution in [0, 0.1) is 0 Å². The third-order valence-corrected chi connectivity index (χ3v) is 11.8. The van der Waals surface area contributed by atoms with Crippen LogP contribution in [-0.2, 0) is 5.41 Å². The lowest BCUT2D eigenvalue weighted by atomic mass is 9.74. The third-order valence-electron chi connectivity index (χ3n) is 11.8. The molecule has 0 N–H and O–H groups in total. The van der Waals surface area contributed by atoms with E-state index < -0.39 is 0 Å². The lowest BCUT2D eigenvalue weighted by molar-refractivity contribution is 0.669. The van der Waals surface area contributed by atoms with Crippen LogP contribution < -0.4 is 0 Å². The lowest BCUT2D eigenvalue weighted by Crippen LogP contribution is -2.22. The van der Waals surface area contributed by atoms with Gasteiger partial charge >= 0.3 is 0 Å². The van der Waals surface area contributed by atoms with Crippen LogP contribution in [0.2, 0.25) is 0 Å². The van der Waals surface area contributed by atoms with Crippen molar-refractivity contribution in [3.05, 3.63) is 217 Å². The van der Waals surface area contributed by atoms with Crippen molar-refractivity contribution < 1.29 is 4.42 Å². The standard InChI is InChI=1S/C54H36N2O/c1-54(41-20-9-4-10-21-41)46-25-13-11-23-44(46)52-45(24-15-26-47(52)54)49-34-48(55-53(56-49)36-18-7-3-8-19-36)40-31-38(35-16-5-2-6-17-35)30-39(32-40)37-28-29-43-42-22-12-14-27-50(42)57-51(43)33-37/h2-34H,1H3. The molecule has 10 aromatic rings. The van der Waals surface area contributed by atoms with Crippen molar-refractivity contribution in [2.75, 3.05) is 0 Å². The molecule has 0 bridgehead atoms. The Hall–Kier alpha value is -7.36. The number of hydrogen-bond acceptors (Lipinski definition) is 3. The van der Waals surface area contributed by atoms with Gasteiger partial charge < -0.3 is 4.42 Å². The molecule has 1 unspecified atom stereocenters. The lowest BCUT2D eigenvalue weighted by Gasteiger charge is -2.28. The maximum Gasteiger partial charge on any atom is 0.160 e. The zero-order valence-corrected chi connectivity index (χ0v) is 31.4. The number of furan rings is 1. The quantitative estimate of drug-likeness (QED) is 0.171. The molecular formula is C54H36N2O. The first-order chi connectivity index (χ1) is 28.1. The fraction of sp³-hybridized carbons (Fsp3) is 0.0370. The minimum atomic E-state index is -0.318. The van der Waals surface area contributed by atoms with Crippen molar-refractivity contribution in [3.63, 3.8) is 0 Å². The van der Waals surface area contributed by atoms with E-state index in [-0.39, 0.29) is 5.41 Å². The Morgan fingerprint density at radius 1 is 0.386 bits per heavy atom. The first-order valence-electron chi connectivity index (χ1n) is 19.5. The Bertz CT molecular complexity index is 3130. The molecule has 0 aliphatic heterocycles. The Balaban J connectivity index is 1.14. The van der Waals surface area contributed by atoms with E-state index in [0.717, 1.165) is 72.3 Å². The van der Waals surface area contributed by atoms with Crippen molar-refractivity contribution in [1.82, 2.24) is 9.97 Å². The van der Waals surface area contributed by atoms with Crippen LogP contribution in [0.3, 0.4) is 0 Å². The van der Waals surface area contributed by atoms with Gasteiger partial charge in [0.1, 0.15) is 11.2 Å². The van der Waals surface area contributed by atoms with Crippen molar-refractivity contribution in [2.24, 2.45) is 0 Å². The van der Waals surface area contributed by atoms with Gasteiger partial charge in [-0.1, -0.05) is 158 Å². The second-order valence-corrected chi connectivity index (χ2v) is 15.1. The number of aromatic nitrogens is 2. The van der Waals surface area contributed by atoms with Crippen molar-refractivity contribution in [1.29, 1.82) is 0 Å². The maximum atomic E-state index is 6.36. The molecule has 0 saturated heterocycles. The minimum absolute atomic E-state index is 0.318. The molecule has 1 aliphatic carbocycles. The second-order valence-electron chi connectivity index (χ2n) is 15.1. The van der Waals surface area contributed by atoms with Crippen molar-refractivity contribution >= 4 is 21.9 Å². The van der Waals surface area contributed by atoms with E-state index in [2.05, 4.69) is 189 Å².